The number of nitrogens with one attached hydrogen (secondary N) is 1. The zero-order valence-corrected chi connectivity index (χ0v) is 12.2. The molecule has 0 heterocycles. The molecular formula is C15H17BrFNO. The quantitative estimate of drug-likeness (QED) is 0.879. The molecule has 2 aliphatic rings. The average Bonchev–Trinajstić information content (AvgIpc) is 2.95. The van der Waals surface area contributed by atoms with Gasteiger partial charge >= 0.3 is 0 Å². The van der Waals surface area contributed by atoms with Gasteiger partial charge in [0.15, 0.2) is 0 Å². The minimum absolute atomic E-state index is 0.0567. The Morgan fingerprint density at radius 3 is 2.84 bits per heavy atom. The number of benzene rings is 1. The molecule has 0 spiro atoms. The van der Waals surface area contributed by atoms with Crippen molar-refractivity contribution in [2.75, 3.05) is 5.32 Å². The summed E-state index contributed by atoms with van der Waals surface area (Å²) in [6.07, 6.45) is 5.63. The highest BCUT2D eigenvalue weighted by Crippen LogP contribution is 2.49. The number of carbonyl (C=O) groups is 1. The third-order valence-electron chi connectivity index (χ3n) is 4.54. The third-order valence-corrected chi connectivity index (χ3v) is 5.03. The van der Waals surface area contributed by atoms with E-state index in [-0.39, 0.29) is 11.6 Å². The van der Waals surface area contributed by atoms with Crippen LogP contribution in [0.2, 0.25) is 0 Å². The number of rotatable bonds is 3. The molecule has 2 aliphatic carbocycles. The number of amides is 1. The maximum absolute atomic E-state index is 13.6. The lowest BCUT2D eigenvalue weighted by Gasteiger charge is -2.20. The van der Waals surface area contributed by atoms with Crippen molar-refractivity contribution in [2.24, 2.45) is 17.8 Å². The molecule has 4 heteroatoms. The van der Waals surface area contributed by atoms with Crippen LogP contribution in [0.1, 0.15) is 32.1 Å². The summed E-state index contributed by atoms with van der Waals surface area (Å²) >= 11 is 3.20. The molecule has 1 aromatic carbocycles. The van der Waals surface area contributed by atoms with Gasteiger partial charge in [-0.05, 0) is 55.2 Å². The van der Waals surface area contributed by atoms with E-state index in [9.17, 15) is 9.18 Å². The molecule has 3 atom stereocenters. The van der Waals surface area contributed by atoms with Gasteiger partial charge in [-0.25, -0.2) is 4.39 Å². The molecule has 0 aliphatic heterocycles. The van der Waals surface area contributed by atoms with Crippen LogP contribution in [0.5, 0.6) is 0 Å². The van der Waals surface area contributed by atoms with Crippen LogP contribution in [0, 0.1) is 23.6 Å². The van der Waals surface area contributed by atoms with Crippen molar-refractivity contribution in [3.8, 4) is 0 Å². The number of halogens is 2. The Labute approximate surface area is 120 Å². The second-order valence-corrected chi connectivity index (χ2v) is 6.73. The van der Waals surface area contributed by atoms with Gasteiger partial charge in [-0.15, -0.1) is 0 Å². The monoisotopic (exact) mass is 325 g/mol. The van der Waals surface area contributed by atoms with E-state index < -0.39 is 5.82 Å². The van der Waals surface area contributed by atoms with Crippen LogP contribution < -0.4 is 5.32 Å². The molecule has 2 nitrogen and oxygen atoms in total. The number of anilines is 1. The van der Waals surface area contributed by atoms with Crippen LogP contribution in [0.4, 0.5) is 10.1 Å². The van der Waals surface area contributed by atoms with Crippen molar-refractivity contribution < 1.29 is 9.18 Å². The first-order chi connectivity index (χ1) is 9.11. The van der Waals surface area contributed by atoms with E-state index in [1.165, 1.54) is 31.7 Å². The lowest BCUT2D eigenvalue weighted by molar-refractivity contribution is -0.117. The van der Waals surface area contributed by atoms with Crippen molar-refractivity contribution >= 4 is 27.5 Å². The smallest absolute Gasteiger partial charge is 0.224 e. The summed E-state index contributed by atoms with van der Waals surface area (Å²) in [6, 6.07) is 4.70. The van der Waals surface area contributed by atoms with Gasteiger partial charge in [0.25, 0.3) is 0 Å². The van der Waals surface area contributed by atoms with E-state index in [1.807, 2.05) is 0 Å². The molecule has 1 amide bonds. The highest BCUT2D eigenvalue weighted by molar-refractivity contribution is 9.10. The Balaban J connectivity index is 1.59. The lowest BCUT2D eigenvalue weighted by Crippen LogP contribution is -2.20. The molecule has 3 rings (SSSR count). The standard InChI is InChI=1S/C15H17BrFNO/c16-12-3-4-14(13(17)8-12)18-15(19)7-11-6-9-1-2-10(11)5-9/h3-4,8-11H,1-2,5-7H2,(H,18,19)/t9-,10+,11+/m0/s1. The van der Waals surface area contributed by atoms with Gasteiger partial charge in [-0.1, -0.05) is 22.4 Å². The largest absolute Gasteiger partial charge is 0.324 e. The summed E-state index contributed by atoms with van der Waals surface area (Å²) < 4.78 is 14.3. The SMILES string of the molecule is O=C(C[C@H]1C[C@H]2CC[C@@H]1C2)Nc1ccc(Br)cc1F. The first kappa shape index (κ1) is 13.1. The predicted octanol–water partition coefficient (Wildman–Crippen LogP) is 4.35. The highest BCUT2D eigenvalue weighted by atomic mass is 79.9. The summed E-state index contributed by atoms with van der Waals surface area (Å²) in [5, 5.41) is 2.69. The van der Waals surface area contributed by atoms with E-state index >= 15 is 0 Å². The summed E-state index contributed by atoms with van der Waals surface area (Å²) in [4.78, 5) is 12.0. The maximum atomic E-state index is 13.6. The number of fused-ring (bicyclic) bond motifs is 2. The third kappa shape index (κ3) is 2.83. The summed E-state index contributed by atoms with van der Waals surface area (Å²) in [7, 11) is 0. The molecule has 2 fully saturated rings. The maximum Gasteiger partial charge on any atom is 0.224 e. The van der Waals surface area contributed by atoms with Crippen LogP contribution in [0.15, 0.2) is 22.7 Å². The topological polar surface area (TPSA) is 29.1 Å². The second-order valence-electron chi connectivity index (χ2n) is 5.81. The zero-order valence-electron chi connectivity index (χ0n) is 10.7. The fourth-order valence-electron chi connectivity index (χ4n) is 3.66. The molecule has 19 heavy (non-hydrogen) atoms. The molecule has 0 unspecified atom stereocenters. The Kier molecular flexibility index (Phi) is 3.61. The van der Waals surface area contributed by atoms with Crippen molar-refractivity contribution in [1.29, 1.82) is 0 Å². The number of carbonyl (C=O) groups excluding carboxylic acids is 1. The van der Waals surface area contributed by atoms with Gasteiger partial charge in [-0.2, -0.15) is 0 Å². The average molecular weight is 326 g/mol. The molecule has 0 radical (unpaired) electrons. The van der Waals surface area contributed by atoms with Crippen LogP contribution in [0.25, 0.3) is 0 Å². The van der Waals surface area contributed by atoms with Gasteiger partial charge in [0.1, 0.15) is 5.82 Å². The van der Waals surface area contributed by atoms with Gasteiger partial charge in [0, 0.05) is 10.9 Å². The van der Waals surface area contributed by atoms with Crippen molar-refractivity contribution in [1.82, 2.24) is 0 Å². The van der Waals surface area contributed by atoms with Gasteiger partial charge in [0.2, 0.25) is 5.91 Å². The second kappa shape index (κ2) is 5.23. The van der Waals surface area contributed by atoms with Crippen LogP contribution in [-0.4, -0.2) is 5.91 Å². The van der Waals surface area contributed by atoms with Gasteiger partial charge in [0.05, 0.1) is 5.69 Å². The van der Waals surface area contributed by atoms with E-state index in [0.29, 0.717) is 16.8 Å². The Morgan fingerprint density at radius 1 is 1.37 bits per heavy atom. The van der Waals surface area contributed by atoms with Crippen molar-refractivity contribution in [2.45, 2.75) is 32.1 Å². The first-order valence-corrected chi connectivity index (χ1v) is 7.66. The number of hydrogen-bond donors (Lipinski definition) is 1. The van der Waals surface area contributed by atoms with Crippen LogP contribution >= 0.6 is 15.9 Å². The van der Waals surface area contributed by atoms with E-state index in [2.05, 4.69) is 21.2 Å². The Morgan fingerprint density at radius 2 is 2.21 bits per heavy atom. The fraction of sp³-hybridized carbons (Fsp3) is 0.533. The minimum atomic E-state index is -0.393. The minimum Gasteiger partial charge on any atom is -0.324 e. The molecule has 102 valence electrons. The zero-order chi connectivity index (χ0) is 13.4. The van der Waals surface area contributed by atoms with Crippen molar-refractivity contribution in [3.63, 3.8) is 0 Å². The Bertz CT molecular complexity index is 505. The molecule has 2 saturated carbocycles. The number of hydrogen-bond acceptors (Lipinski definition) is 1. The van der Waals surface area contributed by atoms with E-state index in [4.69, 9.17) is 0 Å². The fourth-order valence-corrected chi connectivity index (χ4v) is 3.99. The normalized spacial score (nSPS) is 28.6. The summed E-state index contributed by atoms with van der Waals surface area (Å²) in [6.45, 7) is 0. The molecule has 0 aromatic heterocycles. The highest BCUT2D eigenvalue weighted by Gasteiger charge is 2.40. The van der Waals surface area contributed by atoms with Crippen LogP contribution in [-0.2, 0) is 4.79 Å². The first-order valence-electron chi connectivity index (χ1n) is 6.86. The molecule has 0 saturated heterocycles. The van der Waals surface area contributed by atoms with Crippen LogP contribution in [0.3, 0.4) is 0 Å². The molecule has 1 aromatic rings. The Hall–Kier alpha value is -0.900. The summed E-state index contributed by atoms with van der Waals surface area (Å²) in [5.41, 5.74) is 0.274. The van der Waals surface area contributed by atoms with E-state index in [0.717, 1.165) is 11.8 Å². The lowest BCUT2D eigenvalue weighted by atomic mass is 9.86. The molecule has 2 bridgehead atoms. The van der Waals surface area contributed by atoms with E-state index in [1.54, 1.807) is 12.1 Å². The van der Waals surface area contributed by atoms with Gasteiger partial charge in [-0.3, -0.25) is 4.79 Å². The molecular weight excluding hydrogens is 309 g/mol. The summed E-state index contributed by atoms with van der Waals surface area (Å²) in [5.74, 6) is 1.63. The van der Waals surface area contributed by atoms with Crippen molar-refractivity contribution in [3.05, 3.63) is 28.5 Å². The molecule has 1 N–H and O–H groups in total. The predicted molar refractivity (Wildman–Crippen MR) is 76.3 cm³/mol. The van der Waals surface area contributed by atoms with Gasteiger partial charge < -0.3 is 5.32 Å².